The second kappa shape index (κ2) is 9.95. The summed E-state index contributed by atoms with van der Waals surface area (Å²) in [7, 11) is 0. The molecule has 1 N–H and O–H groups in total. The molecule has 0 atom stereocenters. The Morgan fingerprint density at radius 1 is 1.29 bits per heavy atom. The molecule has 0 unspecified atom stereocenters. The van der Waals surface area contributed by atoms with Gasteiger partial charge in [0, 0.05) is 17.6 Å². The van der Waals surface area contributed by atoms with Gasteiger partial charge in [-0.25, -0.2) is 4.98 Å². The lowest BCUT2D eigenvalue weighted by molar-refractivity contribution is -0.142. The molecular weight excluding hydrogens is 400 g/mol. The summed E-state index contributed by atoms with van der Waals surface area (Å²) < 4.78 is 6.51. The molecule has 3 aromatic rings. The van der Waals surface area contributed by atoms with Crippen LogP contribution in [0.1, 0.15) is 19.0 Å². The van der Waals surface area contributed by atoms with Crippen molar-refractivity contribution >= 4 is 40.1 Å². The molecule has 9 nitrogen and oxygen atoms in total. The molecule has 0 saturated carbocycles. The standard InChI is InChI=1S/C17H18N6O3S2/c1-2-26-15(25)10-12-11-28-16(18-12)19-14(24)8-9-27-17-20-21-22-23(17)13-6-4-3-5-7-13/h3-7,11H,2,8-10H2,1H3,(H,18,19,24). The third kappa shape index (κ3) is 5.60. The fourth-order valence-corrected chi connectivity index (χ4v) is 3.78. The summed E-state index contributed by atoms with van der Waals surface area (Å²) in [4.78, 5) is 27.8. The lowest BCUT2D eigenvalue weighted by atomic mass is 10.3. The number of ether oxygens (including phenoxy) is 1. The minimum atomic E-state index is -0.335. The molecule has 0 fully saturated rings. The van der Waals surface area contributed by atoms with E-state index in [4.69, 9.17) is 4.74 Å². The molecule has 0 aliphatic carbocycles. The van der Waals surface area contributed by atoms with E-state index in [0.717, 1.165) is 5.69 Å². The van der Waals surface area contributed by atoms with Crippen molar-refractivity contribution in [1.82, 2.24) is 25.2 Å². The first-order valence-electron chi connectivity index (χ1n) is 8.52. The van der Waals surface area contributed by atoms with Gasteiger partial charge in [0.15, 0.2) is 5.13 Å². The smallest absolute Gasteiger partial charge is 0.311 e. The lowest BCUT2D eigenvalue weighted by Crippen LogP contribution is -2.13. The summed E-state index contributed by atoms with van der Waals surface area (Å²) in [5, 5.41) is 17.2. The number of anilines is 1. The van der Waals surface area contributed by atoms with Gasteiger partial charge >= 0.3 is 5.97 Å². The van der Waals surface area contributed by atoms with E-state index in [9.17, 15) is 9.59 Å². The van der Waals surface area contributed by atoms with Crippen LogP contribution in [0.3, 0.4) is 0 Å². The SMILES string of the molecule is CCOC(=O)Cc1csc(NC(=O)CCSc2nnnn2-c2ccccc2)n1. The second-order valence-electron chi connectivity index (χ2n) is 5.48. The van der Waals surface area contributed by atoms with E-state index in [1.165, 1.54) is 23.1 Å². The molecule has 1 amide bonds. The van der Waals surface area contributed by atoms with Crippen LogP contribution < -0.4 is 5.32 Å². The summed E-state index contributed by atoms with van der Waals surface area (Å²) in [6.45, 7) is 2.08. The van der Waals surface area contributed by atoms with Crippen LogP contribution >= 0.6 is 23.1 Å². The number of rotatable bonds is 9. The highest BCUT2D eigenvalue weighted by molar-refractivity contribution is 7.99. The highest BCUT2D eigenvalue weighted by Gasteiger charge is 2.12. The minimum absolute atomic E-state index is 0.0954. The van der Waals surface area contributed by atoms with Crippen molar-refractivity contribution in [2.45, 2.75) is 24.9 Å². The minimum Gasteiger partial charge on any atom is -0.466 e. The highest BCUT2D eigenvalue weighted by Crippen LogP contribution is 2.20. The van der Waals surface area contributed by atoms with Gasteiger partial charge in [-0.1, -0.05) is 30.0 Å². The Balaban J connectivity index is 1.46. The zero-order valence-electron chi connectivity index (χ0n) is 15.1. The van der Waals surface area contributed by atoms with Crippen molar-refractivity contribution in [1.29, 1.82) is 0 Å². The van der Waals surface area contributed by atoms with E-state index in [2.05, 4.69) is 25.8 Å². The quantitative estimate of drug-likeness (QED) is 0.416. The number of thiazole rings is 1. The van der Waals surface area contributed by atoms with E-state index in [-0.39, 0.29) is 24.7 Å². The summed E-state index contributed by atoms with van der Waals surface area (Å²) in [6, 6.07) is 9.54. The maximum absolute atomic E-state index is 12.1. The summed E-state index contributed by atoms with van der Waals surface area (Å²) in [6.07, 6.45) is 0.372. The number of carbonyl (C=O) groups is 2. The lowest BCUT2D eigenvalue weighted by Gasteiger charge is -2.04. The largest absolute Gasteiger partial charge is 0.466 e. The Bertz CT molecular complexity index is 928. The second-order valence-corrected chi connectivity index (χ2v) is 7.40. The van der Waals surface area contributed by atoms with Gasteiger partial charge in [0.05, 0.1) is 24.4 Å². The van der Waals surface area contributed by atoms with Gasteiger partial charge in [0.2, 0.25) is 11.1 Å². The number of nitrogens with zero attached hydrogens (tertiary/aromatic N) is 5. The molecule has 0 bridgehead atoms. The molecule has 1 aromatic carbocycles. The van der Waals surface area contributed by atoms with Gasteiger partial charge in [-0.15, -0.1) is 16.4 Å². The number of nitrogens with one attached hydrogen (secondary N) is 1. The van der Waals surface area contributed by atoms with E-state index in [1.54, 1.807) is 17.0 Å². The van der Waals surface area contributed by atoms with Gasteiger partial charge in [0.1, 0.15) is 0 Å². The first-order valence-corrected chi connectivity index (χ1v) is 10.4. The number of hydrogen-bond acceptors (Lipinski definition) is 9. The summed E-state index contributed by atoms with van der Waals surface area (Å²) >= 11 is 2.67. The fourth-order valence-electron chi connectivity index (χ4n) is 2.22. The van der Waals surface area contributed by atoms with Gasteiger partial charge < -0.3 is 10.1 Å². The van der Waals surface area contributed by atoms with E-state index in [0.29, 0.717) is 28.3 Å². The van der Waals surface area contributed by atoms with E-state index >= 15 is 0 Å². The number of aromatic nitrogens is 5. The van der Waals surface area contributed by atoms with Crippen LogP contribution in [0.4, 0.5) is 5.13 Å². The molecule has 0 saturated heterocycles. The maximum Gasteiger partial charge on any atom is 0.311 e. The summed E-state index contributed by atoms with van der Waals surface area (Å²) in [5.41, 5.74) is 1.44. The molecule has 0 aliphatic heterocycles. The molecule has 2 aromatic heterocycles. The van der Waals surface area contributed by atoms with E-state index in [1.807, 2.05) is 30.3 Å². The Labute approximate surface area is 169 Å². The predicted octanol–water partition coefficient (Wildman–Crippen LogP) is 2.35. The Morgan fingerprint density at radius 2 is 2.11 bits per heavy atom. The van der Waals surface area contributed by atoms with Crippen molar-refractivity contribution in [2.24, 2.45) is 0 Å². The van der Waals surface area contributed by atoms with Crippen LogP contribution in [-0.4, -0.2) is 49.4 Å². The molecule has 0 aliphatic rings. The Kier molecular flexibility index (Phi) is 7.09. The molecule has 3 rings (SSSR count). The first-order chi connectivity index (χ1) is 13.7. The van der Waals surface area contributed by atoms with Crippen LogP contribution in [0.5, 0.6) is 0 Å². The van der Waals surface area contributed by atoms with Crippen LogP contribution in [0.2, 0.25) is 0 Å². The predicted molar refractivity (Wildman–Crippen MR) is 106 cm³/mol. The number of para-hydroxylation sites is 1. The number of benzene rings is 1. The van der Waals surface area contributed by atoms with Crippen LogP contribution in [0.15, 0.2) is 40.9 Å². The molecule has 0 radical (unpaired) electrons. The Morgan fingerprint density at radius 3 is 2.89 bits per heavy atom. The molecule has 2 heterocycles. The van der Waals surface area contributed by atoms with Gasteiger partial charge in [-0.05, 0) is 29.5 Å². The highest BCUT2D eigenvalue weighted by atomic mass is 32.2. The van der Waals surface area contributed by atoms with Crippen molar-refractivity contribution in [2.75, 3.05) is 17.7 Å². The van der Waals surface area contributed by atoms with E-state index < -0.39 is 0 Å². The van der Waals surface area contributed by atoms with Gasteiger partial charge in [-0.2, -0.15) is 4.68 Å². The average molecular weight is 419 g/mol. The van der Waals surface area contributed by atoms with Crippen molar-refractivity contribution in [3.63, 3.8) is 0 Å². The Hall–Kier alpha value is -2.79. The molecule has 0 spiro atoms. The maximum atomic E-state index is 12.1. The van der Waals surface area contributed by atoms with Crippen molar-refractivity contribution < 1.29 is 14.3 Å². The third-order valence-corrected chi connectivity index (χ3v) is 5.16. The monoisotopic (exact) mass is 418 g/mol. The van der Waals surface area contributed by atoms with Crippen LogP contribution in [0, 0.1) is 0 Å². The van der Waals surface area contributed by atoms with Crippen molar-refractivity contribution in [3.8, 4) is 5.69 Å². The molecular formula is C17H18N6O3S2. The van der Waals surface area contributed by atoms with Crippen molar-refractivity contribution in [3.05, 3.63) is 41.4 Å². The number of tetrazole rings is 1. The number of amides is 1. The van der Waals surface area contributed by atoms with Gasteiger partial charge in [0.25, 0.3) is 0 Å². The van der Waals surface area contributed by atoms with Gasteiger partial charge in [-0.3, -0.25) is 9.59 Å². The zero-order chi connectivity index (χ0) is 19.8. The van der Waals surface area contributed by atoms with Crippen LogP contribution in [0.25, 0.3) is 5.69 Å². The molecule has 146 valence electrons. The third-order valence-electron chi connectivity index (χ3n) is 3.43. The number of hydrogen-bond donors (Lipinski definition) is 1. The average Bonchev–Trinajstić information content (AvgIpc) is 3.32. The number of thioether (sulfide) groups is 1. The number of esters is 1. The fraction of sp³-hybridized carbons (Fsp3) is 0.294. The normalized spacial score (nSPS) is 10.6. The zero-order valence-corrected chi connectivity index (χ0v) is 16.7. The number of carbonyl (C=O) groups excluding carboxylic acids is 2. The summed E-state index contributed by atoms with van der Waals surface area (Å²) in [5.74, 6) is 0.0154. The van der Waals surface area contributed by atoms with Crippen LogP contribution in [-0.2, 0) is 20.7 Å². The molecule has 11 heteroatoms. The topological polar surface area (TPSA) is 112 Å². The first kappa shape index (κ1) is 20.0. The molecule has 28 heavy (non-hydrogen) atoms.